The number of rotatable bonds is 8. The van der Waals surface area contributed by atoms with E-state index < -0.39 is 0 Å². The average Bonchev–Trinajstić information content (AvgIpc) is 2.46. The lowest BCUT2D eigenvalue weighted by atomic mass is 9.58. The van der Waals surface area contributed by atoms with E-state index in [4.69, 9.17) is 25.8 Å². The molecule has 0 bridgehead atoms. The topological polar surface area (TPSA) is 27.7 Å². The third-order valence-electron chi connectivity index (χ3n) is 4.65. The minimum Gasteiger partial charge on any atom is -0.382 e. The van der Waals surface area contributed by atoms with Gasteiger partial charge in [-0.2, -0.15) is 0 Å². The van der Waals surface area contributed by atoms with Gasteiger partial charge in [-0.05, 0) is 25.7 Å². The molecule has 0 aromatic carbocycles. The molecular formula is C15H27ClO3. The summed E-state index contributed by atoms with van der Waals surface area (Å²) in [5.41, 5.74) is 0.302. The van der Waals surface area contributed by atoms with E-state index in [1.54, 1.807) is 7.11 Å². The molecule has 1 spiro atoms. The van der Waals surface area contributed by atoms with Crippen molar-refractivity contribution in [2.24, 2.45) is 5.41 Å². The van der Waals surface area contributed by atoms with Gasteiger partial charge in [-0.1, -0.05) is 19.3 Å². The fourth-order valence-electron chi connectivity index (χ4n) is 3.41. The van der Waals surface area contributed by atoms with Crippen LogP contribution in [0.5, 0.6) is 0 Å². The lowest BCUT2D eigenvalue weighted by Crippen LogP contribution is -2.56. The molecule has 19 heavy (non-hydrogen) atoms. The van der Waals surface area contributed by atoms with Crippen LogP contribution in [-0.2, 0) is 14.2 Å². The van der Waals surface area contributed by atoms with Crippen molar-refractivity contribution >= 4 is 11.6 Å². The number of alkyl halides is 1. The Morgan fingerprint density at radius 3 is 2.53 bits per heavy atom. The molecule has 112 valence electrons. The maximum absolute atomic E-state index is 6.46. The SMILES string of the molecule is COCCOCCCOC1CC(Cl)C12CCCCC2. The van der Waals surface area contributed by atoms with Crippen LogP contribution in [0.2, 0.25) is 0 Å². The van der Waals surface area contributed by atoms with Crippen LogP contribution in [0.4, 0.5) is 0 Å². The molecule has 2 unspecified atom stereocenters. The summed E-state index contributed by atoms with van der Waals surface area (Å²) >= 11 is 6.46. The van der Waals surface area contributed by atoms with E-state index in [0.717, 1.165) is 26.1 Å². The zero-order chi connectivity index (χ0) is 13.6. The highest BCUT2D eigenvalue weighted by atomic mass is 35.5. The molecule has 0 aliphatic heterocycles. The first-order valence-corrected chi connectivity index (χ1v) is 8.05. The van der Waals surface area contributed by atoms with Gasteiger partial charge in [0.05, 0.1) is 19.3 Å². The van der Waals surface area contributed by atoms with Crippen LogP contribution in [0.3, 0.4) is 0 Å². The first-order valence-electron chi connectivity index (χ1n) is 7.62. The summed E-state index contributed by atoms with van der Waals surface area (Å²) in [4.78, 5) is 0. The highest BCUT2D eigenvalue weighted by Crippen LogP contribution is 2.55. The van der Waals surface area contributed by atoms with Gasteiger partial charge in [-0.3, -0.25) is 0 Å². The van der Waals surface area contributed by atoms with Crippen molar-refractivity contribution in [3.8, 4) is 0 Å². The minimum atomic E-state index is 0.302. The molecule has 0 aromatic rings. The maximum Gasteiger partial charge on any atom is 0.0700 e. The van der Waals surface area contributed by atoms with Gasteiger partial charge in [0.25, 0.3) is 0 Å². The molecule has 2 aliphatic rings. The van der Waals surface area contributed by atoms with E-state index >= 15 is 0 Å². The largest absolute Gasteiger partial charge is 0.382 e. The summed E-state index contributed by atoms with van der Waals surface area (Å²) < 4.78 is 16.4. The third kappa shape index (κ3) is 3.84. The van der Waals surface area contributed by atoms with Crippen LogP contribution in [-0.4, -0.2) is 45.0 Å². The van der Waals surface area contributed by atoms with E-state index in [9.17, 15) is 0 Å². The number of ether oxygens (including phenoxy) is 3. The molecule has 3 nitrogen and oxygen atoms in total. The van der Waals surface area contributed by atoms with E-state index in [1.807, 2.05) is 0 Å². The van der Waals surface area contributed by atoms with Gasteiger partial charge < -0.3 is 14.2 Å². The summed E-state index contributed by atoms with van der Waals surface area (Å²) in [6.45, 7) is 2.89. The van der Waals surface area contributed by atoms with Crippen molar-refractivity contribution in [1.82, 2.24) is 0 Å². The molecule has 2 fully saturated rings. The number of hydrogen-bond acceptors (Lipinski definition) is 3. The van der Waals surface area contributed by atoms with Crippen LogP contribution >= 0.6 is 11.6 Å². The Bertz CT molecular complexity index is 254. The average molecular weight is 291 g/mol. The minimum absolute atomic E-state index is 0.302. The van der Waals surface area contributed by atoms with Crippen LogP contribution in [0.1, 0.15) is 44.9 Å². The molecule has 4 heteroatoms. The van der Waals surface area contributed by atoms with E-state index in [0.29, 0.717) is 30.1 Å². The molecule has 0 radical (unpaired) electrons. The second kappa shape index (κ2) is 7.82. The molecule has 2 aliphatic carbocycles. The van der Waals surface area contributed by atoms with Crippen LogP contribution in [0.15, 0.2) is 0 Å². The summed E-state index contributed by atoms with van der Waals surface area (Å²) in [6.07, 6.45) is 8.92. The van der Waals surface area contributed by atoms with Gasteiger partial charge in [-0.15, -0.1) is 11.6 Å². The van der Waals surface area contributed by atoms with E-state index in [1.165, 1.54) is 32.1 Å². The van der Waals surface area contributed by atoms with Crippen molar-refractivity contribution in [2.45, 2.75) is 56.4 Å². The standard InChI is InChI=1S/C15H27ClO3/c1-17-10-11-18-8-5-9-19-14-12-13(16)15(14)6-3-2-4-7-15/h13-14H,2-12H2,1H3. The molecule has 0 amide bonds. The fraction of sp³-hybridized carbons (Fsp3) is 1.00. The van der Waals surface area contributed by atoms with Gasteiger partial charge in [-0.25, -0.2) is 0 Å². The summed E-state index contributed by atoms with van der Waals surface area (Å²) in [5, 5.41) is 0.343. The normalized spacial score (nSPS) is 29.4. The van der Waals surface area contributed by atoms with Gasteiger partial charge in [0.2, 0.25) is 0 Å². The molecule has 0 aromatic heterocycles. The second-order valence-corrected chi connectivity index (χ2v) is 6.34. The molecule has 0 heterocycles. The number of halogens is 1. The second-order valence-electron chi connectivity index (χ2n) is 5.82. The maximum atomic E-state index is 6.46. The Labute approximate surface area is 121 Å². The number of methoxy groups -OCH3 is 1. The van der Waals surface area contributed by atoms with Gasteiger partial charge in [0.1, 0.15) is 0 Å². The highest BCUT2D eigenvalue weighted by Gasteiger charge is 2.54. The van der Waals surface area contributed by atoms with E-state index in [-0.39, 0.29) is 0 Å². The zero-order valence-corrected chi connectivity index (χ0v) is 12.8. The Kier molecular flexibility index (Phi) is 6.40. The fourth-order valence-corrected chi connectivity index (χ4v) is 3.93. The highest BCUT2D eigenvalue weighted by molar-refractivity contribution is 6.21. The van der Waals surface area contributed by atoms with Crippen molar-refractivity contribution in [2.75, 3.05) is 33.5 Å². The Morgan fingerprint density at radius 1 is 1.05 bits per heavy atom. The number of hydrogen-bond donors (Lipinski definition) is 0. The van der Waals surface area contributed by atoms with Crippen molar-refractivity contribution in [3.05, 3.63) is 0 Å². The molecule has 2 saturated carbocycles. The smallest absolute Gasteiger partial charge is 0.0700 e. The third-order valence-corrected chi connectivity index (χ3v) is 5.27. The zero-order valence-electron chi connectivity index (χ0n) is 12.0. The summed E-state index contributed by atoms with van der Waals surface area (Å²) in [6, 6.07) is 0. The predicted octanol–water partition coefficient (Wildman–Crippen LogP) is 3.39. The lowest BCUT2D eigenvalue weighted by Gasteiger charge is -2.55. The van der Waals surface area contributed by atoms with Gasteiger partial charge in [0.15, 0.2) is 0 Å². The molecule has 0 saturated heterocycles. The van der Waals surface area contributed by atoms with Crippen molar-refractivity contribution in [3.63, 3.8) is 0 Å². The van der Waals surface area contributed by atoms with Gasteiger partial charge >= 0.3 is 0 Å². The quantitative estimate of drug-likeness (QED) is 0.507. The molecular weight excluding hydrogens is 264 g/mol. The van der Waals surface area contributed by atoms with Crippen LogP contribution in [0.25, 0.3) is 0 Å². The Hall–Kier alpha value is 0.170. The first-order chi connectivity index (χ1) is 9.29. The van der Waals surface area contributed by atoms with Crippen LogP contribution in [0, 0.1) is 5.41 Å². The van der Waals surface area contributed by atoms with Gasteiger partial charge in [0, 0.05) is 31.1 Å². The van der Waals surface area contributed by atoms with E-state index in [2.05, 4.69) is 0 Å². The Balaban J connectivity index is 1.58. The summed E-state index contributed by atoms with van der Waals surface area (Å²) in [5.74, 6) is 0. The Morgan fingerprint density at radius 2 is 1.84 bits per heavy atom. The first kappa shape index (κ1) is 15.6. The lowest BCUT2D eigenvalue weighted by molar-refractivity contribution is -0.126. The van der Waals surface area contributed by atoms with Crippen LogP contribution < -0.4 is 0 Å². The monoisotopic (exact) mass is 290 g/mol. The van der Waals surface area contributed by atoms with Crippen molar-refractivity contribution < 1.29 is 14.2 Å². The molecule has 0 N–H and O–H groups in total. The summed E-state index contributed by atoms with van der Waals surface area (Å²) in [7, 11) is 1.69. The van der Waals surface area contributed by atoms with Crippen molar-refractivity contribution in [1.29, 1.82) is 0 Å². The predicted molar refractivity (Wildman–Crippen MR) is 76.8 cm³/mol. The molecule has 2 atom stereocenters. The molecule has 2 rings (SSSR count).